The first-order valence-electron chi connectivity index (χ1n) is 11.3. The molecule has 2 aliphatic rings. The van der Waals surface area contributed by atoms with Crippen molar-refractivity contribution in [3.63, 3.8) is 0 Å². The summed E-state index contributed by atoms with van der Waals surface area (Å²) in [5, 5.41) is 10.9. The Kier molecular flexibility index (Phi) is 8.43. The number of allylic oxidation sites excluding steroid dienone is 7. The molecule has 0 aromatic carbocycles. The molecule has 2 unspecified atom stereocenters. The highest BCUT2D eigenvalue weighted by Gasteiger charge is 2.48. The third-order valence-corrected chi connectivity index (χ3v) is 5.87. The largest absolute Gasteiger partial charge is 0.494 e. The SMILES string of the molecule is C=CC1C=C(B2OC(C(C)C)C(C)(C)O2)C=CC=C1B(O)OC(C)(C)CCC(C)C. The van der Waals surface area contributed by atoms with E-state index in [4.69, 9.17) is 14.0 Å². The van der Waals surface area contributed by atoms with E-state index in [9.17, 15) is 5.02 Å². The topological polar surface area (TPSA) is 47.9 Å². The van der Waals surface area contributed by atoms with Crippen LogP contribution in [0.1, 0.15) is 68.2 Å². The lowest BCUT2D eigenvalue weighted by molar-refractivity contribution is 0.0438. The monoisotopic (exact) mass is 414 g/mol. The quantitative estimate of drug-likeness (QED) is 0.409. The molecule has 166 valence electrons. The Hall–Kier alpha value is -1.07. The summed E-state index contributed by atoms with van der Waals surface area (Å²) in [5.41, 5.74) is 0.938. The van der Waals surface area contributed by atoms with Crippen LogP contribution in [0.15, 0.2) is 47.9 Å². The smallest absolute Gasteiger partial charge is 0.423 e. The Morgan fingerprint density at radius 3 is 2.53 bits per heavy atom. The first-order valence-corrected chi connectivity index (χ1v) is 11.3. The molecule has 1 N–H and O–H groups in total. The van der Waals surface area contributed by atoms with Gasteiger partial charge in [0.25, 0.3) is 0 Å². The Labute approximate surface area is 184 Å². The van der Waals surface area contributed by atoms with Crippen LogP contribution >= 0.6 is 0 Å². The second kappa shape index (κ2) is 10.0. The van der Waals surface area contributed by atoms with Crippen LogP contribution in [0, 0.1) is 17.8 Å². The van der Waals surface area contributed by atoms with Gasteiger partial charge >= 0.3 is 14.2 Å². The van der Waals surface area contributed by atoms with E-state index in [1.807, 2.05) is 38.2 Å². The predicted molar refractivity (Wildman–Crippen MR) is 127 cm³/mol. The minimum absolute atomic E-state index is 0.0188. The van der Waals surface area contributed by atoms with Gasteiger partial charge in [0.15, 0.2) is 0 Å². The van der Waals surface area contributed by atoms with E-state index < -0.39 is 19.8 Å². The molecular formula is C24H40B2O4. The third-order valence-electron chi connectivity index (χ3n) is 5.87. The van der Waals surface area contributed by atoms with Crippen LogP contribution in [0.25, 0.3) is 0 Å². The molecule has 1 aliphatic heterocycles. The summed E-state index contributed by atoms with van der Waals surface area (Å²) in [6.45, 7) is 20.9. The molecule has 2 rings (SSSR count). The molecule has 1 fully saturated rings. The second-order valence-corrected chi connectivity index (χ2v) is 10.5. The maximum atomic E-state index is 10.9. The molecule has 4 nitrogen and oxygen atoms in total. The van der Waals surface area contributed by atoms with Crippen LogP contribution < -0.4 is 0 Å². The normalized spacial score (nSPS) is 24.2. The van der Waals surface area contributed by atoms with Gasteiger partial charge < -0.3 is 19.0 Å². The molecular weight excluding hydrogens is 374 g/mol. The highest BCUT2D eigenvalue weighted by molar-refractivity contribution is 6.56. The standard InChI is InChI=1S/C24H40B2O4/c1-10-19-16-20(26-28-22(18(4)5)24(8,9)30-26)12-11-13-21(19)25(27)29-23(6,7)15-14-17(2)3/h10-13,16-19,22,27H,1,14-15H2,2-9H3. The van der Waals surface area contributed by atoms with Gasteiger partial charge in [-0.15, -0.1) is 6.58 Å². The zero-order valence-corrected chi connectivity index (χ0v) is 20.1. The van der Waals surface area contributed by atoms with Crippen LogP contribution in [0.5, 0.6) is 0 Å². The minimum Gasteiger partial charge on any atom is -0.423 e. The van der Waals surface area contributed by atoms with Gasteiger partial charge in [-0.3, -0.25) is 0 Å². The lowest BCUT2D eigenvalue weighted by Crippen LogP contribution is -2.37. The summed E-state index contributed by atoms with van der Waals surface area (Å²) in [7, 11) is -1.43. The van der Waals surface area contributed by atoms with Crippen LogP contribution in [0.4, 0.5) is 0 Å². The van der Waals surface area contributed by atoms with Crippen LogP contribution in [-0.2, 0) is 14.0 Å². The summed E-state index contributed by atoms with van der Waals surface area (Å²) >= 11 is 0. The van der Waals surface area contributed by atoms with Gasteiger partial charge in [-0.2, -0.15) is 0 Å². The van der Waals surface area contributed by atoms with Gasteiger partial charge in [0.05, 0.1) is 11.7 Å². The van der Waals surface area contributed by atoms with E-state index in [-0.39, 0.29) is 17.6 Å². The predicted octanol–water partition coefficient (Wildman–Crippen LogP) is 5.34. The zero-order chi connectivity index (χ0) is 22.7. The fraction of sp³-hybridized carbons (Fsp3) is 0.667. The van der Waals surface area contributed by atoms with Crippen molar-refractivity contribution in [2.75, 3.05) is 0 Å². The average molecular weight is 414 g/mol. The first kappa shape index (κ1) is 25.2. The van der Waals surface area contributed by atoms with Crippen molar-refractivity contribution in [3.05, 3.63) is 47.9 Å². The van der Waals surface area contributed by atoms with E-state index in [2.05, 4.69) is 54.2 Å². The maximum absolute atomic E-state index is 10.9. The fourth-order valence-corrected chi connectivity index (χ4v) is 4.19. The van der Waals surface area contributed by atoms with Crippen molar-refractivity contribution in [1.29, 1.82) is 0 Å². The van der Waals surface area contributed by atoms with Crippen LogP contribution in [0.3, 0.4) is 0 Å². The third kappa shape index (κ3) is 6.46. The molecule has 0 amide bonds. The van der Waals surface area contributed by atoms with Crippen LogP contribution in [-0.4, -0.2) is 36.6 Å². The minimum atomic E-state index is -0.999. The number of rotatable bonds is 9. The summed E-state index contributed by atoms with van der Waals surface area (Å²) in [6.07, 6.45) is 11.7. The highest BCUT2D eigenvalue weighted by atomic mass is 16.7. The number of hydrogen-bond acceptors (Lipinski definition) is 4. The summed E-state index contributed by atoms with van der Waals surface area (Å²) in [6, 6.07) is 0. The van der Waals surface area contributed by atoms with E-state index in [1.165, 1.54) is 0 Å². The fourth-order valence-electron chi connectivity index (χ4n) is 4.19. The number of hydrogen-bond donors (Lipinski definition) is 1. The first-order chi connectivity index (χ1) is 13.9. The molecule has 1 heterocycles. The summed E-state index contributed by atoms with van der Waals surface area (Å²) in [4.78, 5) is 0. The van der Waals surface area contributed by atoms with E-state index >= 15 is 0 Å². The lowest BCUT2D eigenvalue weighted by Gasteiger charge is -2.30. The van der Waals surface area contributed by atoms with Crippen molar-refractivity contribution in [2.24, 2.45) is 17.8 Å². The van der Waals surface area contributed by atoms with Crippen molar-refractivity contribution in [2.45, 2.75) is 85.5 Å². The van der Waals surface area contributed by atoms with Crippen molar-refractivity contribution in [1.82, 2.24) is 0 Å². The molecule has 6 heteroatoms. The van der Waals surface area contributed by atoms with E-state index in [0.717, 1.165) is 23.8 Å². The van der Waals surface area contributed by atoms with Gasteiger partial charge in [-0.25, -0.2) is 0 Å². The van der Waals surface area contributed by atoms with Gasteiger partial charge in [0, 0.05) is 11.5 Å². The van der Waals surface area contributed by atoms with E-state index in [0.29, 0.717) is 11.8 Å². The van der Waals surface area contributed by atoms with Crippen molar-refractivity contribution >= 4 is 14.2 Å². The van der Waals surface area contributed by atoms with E-state index in [1.54, 1.807) is 0 Å². The molecule has 30 heavy (non-hydrogen) atoms. The molecule has 0 bridgehead atoms. The maximum Gasteiger partial charge on any atom is 0.494 e. The second-order valence-electron chi connectivity index (χ2n) is 10.5. The Balaban J connectivity index is 2.15. The lowest BCUT2D eigenvalue weighted by atomic mass is 9.68. The molecule has 0 aromatic rings. The molecule has 0 saturated carbocycles. The average Bonchev–Trinajstić information content (AvgIpc) is 2.82. The summed E-state index contributed by atoms with van der Waals surface area (Å²) in [5.74, 6) is 0.786. The summed E-state index contributed by atoms with van der Waals surface area (Å²) < 4.78 is 18.6. The Bertz CT molecular complexity index is 691. The van der Waals surface area contributed by atoms with Gasteiger partial charge in [0.2, 0.25) is 0 Å². The zero-order valence-electron chi connectivity index (χ0n) is 20.1. The molecule has 0 radical (unpaired) electrons. The molecule has 0 spiro atoms. The van der Waals surface area contributed by atoms with Gasteiger partial charge in [-0.1, -0.05) is 58.1 Å². The van der Waals surface area contributed by atoms with Gasteiger partial charge in [-0.05, 0) is 63.3 Å². The van der Waals surface area contributed by atoms with Crippen molar-refractivity contribution < 1.29 is 19.0 Å². The Morgan fingerprint density at radius 2 is 2.00 bits per heavy atom. The van der Waals surface area contributed by atoms with Gasteiger partial charge in [0.1, 0.15) is 0 Å². The Morgan fingerprint density at radius 1 is 1.33 bits per heavy atom. The van der Waals surface area contributed by atoms with Crippen LogP contribution in [0.2, 0.25) is 0 Å². The van der Waals surface area contributed by atoms with Crippen molar-refractivity contribution in [3.8, 4) is 0 Å². The molecule has 1 aliphatic carbocycles. The molecule has 1 saturated heterocycles. The molecule has 0 aromatic heterocycles. The molecule has 2 atom stereocenters. The highest BCUT2D eigenvalue weighted by Crippen LogP contribution is 2.36.